The number of aromatic nitrogens is 4. The molecule has 1 aromatic carbocycles. The fourth-order valence-corrected chi connectivity index (χ4v) is 4.23. The van der Waals surface area contributed by atoms with E-state index in [2.05, 4.69) is 73.6 Å². The van der Waals surface area contributed by atoms with E-state index in [1.807, 2.05) is 12.1 Å². The largest absolute Gasteiger partial charge is 0.353 e. The topological polar surface area (TPSA) is 108 Å². The quantitative estimate of drug-likeness (QED) is 0.445. The SMILES string of the molecule is CC(C)(C)c1nnc(NC(=O)Nc2ccc(C#Cc3cnc(NCCN4CCCC4)nc3)cc2)s1. The lowest BCUT2D eigenvalue weighted by Crippen LogP contribution is -2.26. The molecule has 3 aromatic rings. The number of rotatable bonds is 6. The molecular weight excluding hydrogens is 460 g/mol. The van der Waals surface area contributed by atoms with Crippen LogP contribution in [0.2, 0.25) is 0 Å². The van der Waals surface area contributed by atoms with E-state index in [0.29, 0.717) is 16.8 Å². The Balaban J connectivity index is 1.25. The zero-order valence-electron chi connectivity index (χ0n) is 20.3. The zero-order valence-corrected chi connectivity index (χ0v) is 21.1. The number of hydrogen-bond donors (Lipinski definition) is 3. The lowest BCUT2D eigenvalue weighted by molar-refractivity contribution is 0.262. The first kappa shape index (κ1) is 24.6. The summed E-state index contributed by atoms with van der Waals surface area (Å²) in [7, 11) is 0. The summed E-state index contributed by atoms with van der Waals surface area (Å²) in [5.41, 5.74) is 2.11. The number of carbonyl (C=O) groups is 1. The van der Waals surface area contributed by atoms with Gasteiger partial charge in [0.2, 0.25) is 11.1 Å². The normalized spacial score (nSPS) is 13.7. The monoisotopic (exact) mass is 490 g/mol. The van der Waals surface area contributed by atoms with Gasteiger partial charge in [0.15, 0.2) is 0 Å². The highest BCUT2D eigenvalue weighted by molar-refractivity contribution is 7.15. The van der Waals surface area contributed by atoms with Crippen molar-refractivity contribution in [2.75, 3.05) is 42.1 Å². The minimum Gasteiger partial charge on any atom is -0.353 e. The van der Waals surface area contributed by atoms with Crippen LogP contribution in [0, 0.1) is 11.8 Å². The van der Waals surface area contributed by atoms with Crippen molar-refractivity contribution in [1.82, 2.24) is 25.1 Å². The van der Waals surface area contributed by atoms with Crippen molar-refractivity contribution in [3.63, 3.8) is 0 Å². The molecule has 10 heteroatoms. The van der Waals surface area contributed by atoms with Crippen LogP contribution in [0.1, 0.15) is 49.7 Å². The summed E-state index contributed by atoms with van der Waals surface area (Å²) in [5.74, 6) is 6.78. The molecule has 3 N–H and O–H groups in total. The molecule has 1 aliphatic heterocycles. The van der Waals surface area contributed by atoms with Crippen molar-refractivity contribution in [3.05, 3.63) is 52.8 Å². The third-order valence-electron chi connectivity index (χ3n) is 5.34. The van der Waals surface area contributed by atoms with Gasteiger partial charge >= 0.3 is 6.03 Å². The molecule has 0 saturated carbocycles. The van der Waals surface area contributed by atoms with E-state index in [4.69, 9.17) is 0 Å². The summed E-state index contributed by atoms with van der Waals surface area (Å²) in [5, 5.41) is 18.3. The molecule has 182 valence electrons. The Labute approximate surface area is 209 Å². The Hall–Kier alpha value is -3.55. The number of hydrogen-bond acceptors (Lipinski definition) is 8. The summed E-state index contributed by atoms with van der Waals surface area (Å²) < 4.78 is 0. The average molecular weight is 491 g/mol. The molecule has 3 heterocycles. The predicted molar refractivity (Wildman–Crippen MR) is 140 cm³/mol. The minimum absolute atomic E-state index is 0.108. The first-order valence-electron chi connectivity index (χ1n) is 11.7. The molecule has 0 radical (unpaired) electrons. The van der Waals surface area contributed by atoms with Crippen molar-refractivity contribution in [1.29, 1.82) is 0 Å². The Morgan fingerprint density at radius 3 is 2.34 bits per heavy atom. The minimum atomic E-state index is -0.369. The van der Waals surface area contributed by atoms with Gasteiger partial charge in [-0.2, -0.15) is 0 Å². The highest BCUT2D eigenvalue weighted by atomic mass is 32.1. The zero-order chi connectivity index (χ0) is 24.7. The Morgan fingerprint density at radius 1 is 1.00 bits per heavy atom. The maximum absolute atomic E-state index is 12.3. The van der Waals surface area contributed by atoms with E-state index in [0.717, 1.165) is 29.2 Å². The molecule has 1 fully saturated rings. The van der Waals surface area contributed by atoms with Gasteiger partial charge in [-0.3, -0.25) is 5.32 Å². The highest BCUT2D eigenvalue weighted by Crippen LogP contribution is 2.27. The van der Waals surface area contributed by atoms with Crippen LogP contribution in [0.5, 0.6) is 0 Å². The van der Waals surface area contributed by atoms with E-state index in [1.54, 1.807) is 24.5 Å². The van der Waals surface area contributed by atoms with E-state index >= 15 is 0 Å². The molecule has 2 amide bonds. The molecule has 0 atom stereocenters. The van der Waals surface area contributed by atoms with Gasteiger partial charge in [0.05, 0.1) is 5.56 Å². The summed E-state index contributed by atoms with van der Waals surface area (Å²) in [6, 6.07) is 6.93. The van der Waals surface area contributed by atoms with Crippen molar-refractivity contribution in [2.24, 2.45) is 0 Å². The smallest absolute Gasteiger partial charge is 0.325 e. The molecule has 0 spiro atoms. The highest BCUT2D eigenvalue weighted by Gasteiger charge is 2.20. The second-order valence-corrected chi connectivity index (χ2v) is 10.3. The summed E-state index contributed by atoms with van der Waals surface area (Å²) in [4.78, 5) is 23.4. The first-order chi connectivity index (χ1) is 16.8. The van der Waals surface area contributed by atoms with Crippen molar-refractivity contribution >= 4 is 34.1 Å². The van der Waals surface area contributed by atoms with Gasteiger partial charge in [0.1, 0.15) is 5.01 Å². The van der Waals surface area contributed by atoms with Crippen molar-refractivity contribution in [2.45, 2.75) is 39.0 Å². The van der Waals surface area contributed by atoms with Gasteiger partial charge < -0.3 is 15.5 Å². The number of benzene rings is 1. The molecule has 9 nitrogen and oxygen atoms in total. The molecule has 0 aliphatic carbocycles. The first-order valence-corrected chi connectivity index (χ1v) is 12.5. The fourth-order valence-electron chi connectivity index (χ4n) is 3.43. The van der Waals surface area contributed by atoms with Crippen LogP contribution in [0.15, 0.2) is 36.7 Å². The molecule has 0 bridgehead atoms. The third kappa shape index (κ3) is 7.47. The summed E-state index contributed by atoms with van der Waals surface area (Å²) in [6.07, 6.45) is 6.03. The van der Waals surface area contributed by atoms with Gasteiger partial charge in [-0.1, -0.05) is 43.9 Å². The molecule has 35 heavy (non-hydrogen) atoms. The lowest BCUT2D eigenvalue weighted by atomic mass is 9.98. The van der Waals surface area contributed by atoms with Crippen LogP contribution in [0.25, 0.3) is 0 Å². The predicted octanol–water partition coefficient (Wildman–Crippen LogP) is 4.18. The summed E-state index contributed by atoms with van der Waals surface area (Å²) >= 11 is 1.37. The average Bonchev–Trinajstić information content (AvgIpc) is 3.52. The van der Waals surface area contributed by atoms with Crippen LogP contribution in [-0.4, -0.2) is 57.3 Å². The number of nitrogens with zero attached hydrogens (tertiary/aromatic N) is 5. The van der Waals surface area contributed by atoms with Gasteiger partial charge in [0, 0.05) is 42.1 Å². The fraction of sp³-hybridized carbons (Fsp3) is 0.400. The van der Waals surface area contributed by atoms with Crippen LogP contribution in [0.3, 0.4) is 0 Å². The number of anilines is 3. The maximum atomic E-state index is 12.3. The molecule has 1 aliphatic rings. The van der Waals surface area contributed by atoms with E-state index in [9.17, 15) is 4.79 Å². The maximum Gasteiger partial charge on any atom is 0.325 e. The second-order valence-electron chi connectivity index (χ2n) is 9.34. The second kappa shape index (κ2) is 11.3. The Morgan fingerprint density at radius 2 is 1.69 bits per heavy atom. The van der Waals surface area contributed by atoms with E-state index < -0.39 is 0 Å². The van der Waals surface area contributed by atoms with Gasteiger partial charge in [-0.05, 0) is 50.2 Å². The van der Waals surface area contributed by atoms with E-state index in [1.165, 1.54) is 37.3 Å². The number of amides is 2. The number of carbonyl (C=O) groups excluding carboxylic acids is 1. The van der Waals surface area contributed by atoms with Crippen molar-refractivity contribution < 1.29 is 4.79 Å². The number of likely N-dealkylation sites (tertiary alicyclic amines) is 1. The van der Waals surface area contributed by atoms with Gasteiger partial charge in [0.25, 0.3) is 0 Å². The van der Waals surface area contributed by atoms with Crippen LogP contribution in [-0.2, 0) is 5.41 Å². The third-order valence-corrected chi connectivity index (χ3v) is 6.61. The molecule has 0 unspecified atom stereocenters. The number of nitrogens with one attached hydrogen (secondary N) is 3. The molecule has 1 saturated heterocycles. The van der Waals surface area contributed by atoms with Gasteiger partial charge in [-0.15, -0.1) is 10.2 Å². The Kier molecular flexibility index (Phi) is 7.90. The lowest BCUT2D eigenvalue weighted by Gasteiger charge is -2.14. The van der Waals surface area contributed by atoms with Crippen LogP contribution < -0.4 is 16.0 Å². The number of urea groups is 1. The van der Waals surface area contributed by atoms with E-state index in [-0.39, 0.29) is 11.4 Å². The van der Waals surface area contributed by atoms with Crippen LogP contribution in [0.4, 0.5) is 21.6 Å². The summed E-state index contributed by atoms with van der Waals surface area (Å²) in [6.45, 7) is 10.4. The molecule has 4 rings (SSSR count). The van der Waals surface area contributed by atoms with Gasteiger partial charge in [-0.25, -0.2) is 14.8 Å². The van der Waals surface area contributed by atoms with Crippen LogP contribution >= 0.6 is 11.3 Å². The molecular formula is C25H30N8OS. The Bertz CT molecular complexity index is 1180. The van der Waals surface area contributed by atoms with Crippen molar-refractivity contribution in [3.8, 4) is 11.8 Å². The standard InChI is InChI=1S/C25H30N8OS/c1-25(2,3)21-31-32-24(35-21)30-23(34)29-20-10-8-18(9-11-20)6-7-19-16-27-22(28-17-19)26-12-15-33-13-4-5-14-33/h8-11,16-17H,4-5,12-15H2,1-3H3,(H,26,27,28)(H2,29,30,32,34). The molecule has 2 aromatic heterocycles.